The lowest BCUT2D eigenvalue weighted by atomic mass is 10.2. The van der Waals surface area contributed by atoms with Gasteiger partial charge in [0.05, 0.1) is 14.5 Å². The second kappa shape index (κ2) is 5.20. The highest BCUT2D eigenvalue weighted by molar-refractivity contribution is 8.00. The first-order chi connectivity index (χ1) is 8.06. The van der Waals surface area contributed by atoms with Crippen LogP contribution in [0.1, 0.15) is 22.5 Å². The van der Waals surface area contributed by atoms with E-state index < -0.39 is 0 Å². The van der Waals surface area contributed by atoms with Crippen molar-refractivity contribution < 1.29 is 9.21 Å². The Bertz CT molecular complexity index is 538. The quantitative estimate of drug-likeness (QED) is 0.637. The van der Waals surface area contributed by atoms with Gasteiger partial charge in [-0.2, -0.15) is 0 Å². The Hall–Kier alpha value is -0.850. The fourth-order valence-corrected chi connectivity index (χ4v) is 3.12. The molecule has 0 fully saturated rings. The van der Waals surface area contributed by atoms with Crippen molar-refractivity contribution >= 4 is 40.5 Å². The van der Waals surface area contributed by atoms with Crippen LogP contribution >= 0.6 is 34.7 Å². The Labute approximate surface area is 111 Å². The number of thioether (sulfide) groups is 1. The van der Waals surface area contributed by atoms with E-state index in [4.69, 9.17) is 16.0 Å². The standard InChI is InChI=1S/C10H9ClN2O2S2/c1-5(16-10-13-12-6(2)15-10)9(14)7-3-4-8(11)17-7/h3-5H,1-2H3. The molecule has 0 aliphatic rings. The van der Waals surface area contributed by atoms with Crippen molar-refractivity contribution in [1.29, 1.82) is 0 Å². The molecule has 4 nitrogen and oxygen atoms in total. The van der Waals surface area contributed by atoms with Crippen molar-refractivity contribution in [3.8, 4) is 0 Å². The van der Waals surface area contributed by atoms with Gasteiger partial charge in [-0.15, -0.1) is 21.5 Å². The van der Waals surface area contributed by atoms with Crippen molar-refractivity contribution in [3.63, 3.8) is 0 Å². The smallest absolute Gasteiger partial charge is 0.277 e. The van der Waals surface area contributed by atoms with Crippen LogP contribution in [0.3, 0.4) is 0 Å². The molecule has 0 saturated heterocycles. The van der Waals surface area contributed by atoms with Gasteiger partial charge in [0, 0.05) is 6.92 Å². The second-order valence-corrected chi connectivity index (χ2v) is 6.32. The summed E-state index contributed by atoms with van der Waals surface area (Å²) in [5, 5.41) is 7.68. The fraction of sp³-hybridized carbons (Fsp3) is 0.300. The molecule has 0 aromatic carbocycles. The molecule has 2 rings (SSSR count). The van der Waals surface area contributed by atoms with Crippen LogP contribution in [0.15, 0.2) is 21.8 Å². The third kappa shape index (κ3) is 3.08. The van der Waals surface area contributed by atoms with Gasteiger partial charge in [0.25, 0.3) is 5.22 Å². The highest BCUT2D eigenvalue weighted by Crippen LogP contribution is 2.28. The summed E-state index contributed by atoms with van der Waals surface area (Å²) in [5.41, 5.74) is 0. The first-order valence-electron chi connectivity index (χ1n) is 4.82. The van der Waals surface area contributed by atoms with Crippen LogP contribution in [0.2, 0.25) is 4.34 Å². The molecule has 0 aliphatic heterocycles. The normalized spacial score (nSPS) is 12.6. The van der Waals surface area contributed by atoms with E-state index in [1.807, 2.05) is 0 Å². The monoisotopic (exact) mass is 288 g/mol. The molecule has 1 unspecified atom stereocenters. The minimum atomic E-state index is -0.274. The Kier molecular flexibility index (Phi) is 3.86. The van der Waals surface area contributed by atoms with E-state index in [-0.39, 0.29) is 11.0 Å². The number of thiophene rings is 1. The van der Waals surface area contributed by atoms with Crippen LogP contribution in [0, 0.1) is 6.92 Å². The van der Waals surface area contributed by atoms with Crippen LogP contribution < -0.4 is 0 Å². The predicted octanol–water partition coefficient (Wildman–Crippen LogP) is 3.46. The second-order valence-electron chi connectivity index (χ2n) is 3.32. The minimum absolute atomic E-state index is 0.0164. The molecule has 0 bridgehead atoms. The number of carbonyl (C=O) groups excluding carboxylic acids is 1. The summed E-state index contributed by atoms with van der Waals surface area (Å²) in [7, 11) is 0. The van der Waals surface area contributed by atoms with Gasteiger partial charge in [-0.1, -0.05) is 23.4 Å². The third-order valence-electron chi connectivity index (χ3n) is 1.97. The first kappa shape index (κ1) is 12.6. The summed E-state index contributed by atoms with van der Waals surface area (Å²) in [6.45, 7) is 3.52. The Morgan fingerprint density at radius 3 is 2.82 bits per heavy atom. The van der Waals surface area contributed by atoms with Crippen LogP contribution in [0.5, 0.6) is 0 Å². The number of rotatable bonds is 4. The lowest BCUT2D eigenvalue weighted by molar-refractivity contribution is 0.0997. The van der Waals surface area contributed by atoms with Gasteiger partial charge >= 0.3 is 0 Å². The fourth-order valence-electron chi connectivity index (χ4n) is 1.18. The van der Waals surface area contributed by atoms with E-state index in [1.54, 1.807) is 26.0 Å². The average molecular weight is 289 g/mol. The number of nitrogens with zero attached hydrogens (tertiary/aromatic N) is 2. The molecule has 2 aromatic rings. The molecule has 17 heavy (non-hydrogen) atoms. The first-order valence-corrected chi connectivity index (χ1v) is 6.90. The molecule has 0 amide bonds. The van der Waals surface area contributed by atoms with Crippen LogP contribution in [-0.2, 0) is 0 Å². The van der Waals surface area contributed by atoms with E-state index in [1.165, 1.54) is 23.1 Å². The zero-order valence-electron chi connectivity index (χ0n) is 9.14. The summed E-state index contributed by atoms with van der Waals surface area (Å²) in [6.07, 6.45) is 0. The van der Waals surface area contributed by atoms with E-state index in [9.17, 15) is 4.79 Å². The van der Waals surface area contributed by atoms with E-state index in [0.717, 1.165) is 0 Å². The lowest BCUT2D eigenvalue weighted by Crippen LogP contribution is -2.11. The number of hydrogen-bond donors (Lipinski definition) is 0. The summed E-state index contributed by atoms with van der Waals surface area (Å²) >= 11 is 8.32. The number of Topliss-reactive ketones (excluding diaryl/α,β-unsaturated/α-hetero) is 1. The highest BCUT2D eigenvalue weighted by Gasteiger charge is 2.20. The zero-order chi connectivity index (χ0) is 12.4. The Balaban J connectivity index is 2.05. The van der Waals surface area contributed by atoms with Gasteiger partial charge in [-0.05, 0) is 19.1 Å². The maximum atomic E-state index is 12.0. The molecule has 0 radical (unpaired) electrons. The van der Waals surface area contributed by atoms with Crippen molar-refractivity contribution in [2.45, 2.75) is 24.3 Å². The van der Waals surface area contributed by atoms with Crippen molar-refractivity contribution in [1.82, 2.24) is 10.2 Å². The van der Waals surface area contributed by atoms with E-state index >= 15 is 0 Å². The number of hydrogen-bond acceptors (Lipinski definition) is 6. The zero-order valence-corrected chi connectivity index (χ0v) is 11.5. The summed E-state index contributed by atoms with van der Waals surface area (Å²) in [6, 6.07) is 3.44. The molecule has 0 N–H and O–H groups in total. The molecule has 0 spiro atoms. The van der Waals surface area contributed by atoms with Gasteiger partial charge in [0.15, 0.2) is 5.78 Å². The molecule has 2 aromatic heterocycles. The highest BCUT2D eigenvalue weighted by atomic mass is 35.5. The van der Waals surface area contributed by atoms with Crippen LogP contribution in [-0.4, -0.2) is 21.2 Å². The average Bonchev–Trinajstić information content (AvgIpc) is 2.87. The van der Waals surface area contributed by atoms with E-state index in [0.29, 0.717) is 20.3 Å². The van der Waals surface area contributed by atoms with Crippen LogP contribution in [0.25, 0.3) is 0 Å². The molecule has 2 heterocycles. The lowest BCUT2D eigenvalue weighted by Gasteiger charge is -2.04. The summed E-state index contributed by atoms with van der Waals surface area (Å²) in [4.78, 5) is 12.7. The van der Waals surface area contributed by atoms with Crippen molar-refractivity contribution in [2.75, 3.05) is 0 Å². The molecule has 0 saturated carbocycles. The molecular formula is C10H9ClN2O2S2. The van der Waals surface area contributed by atoms with Gasteiger partial charge in [0.2, 0.25) is 5.89 Å². The maximum Gasteiger partial charge on any atom is 0.277 e. The molecule has 0 aliphatic carbocycles. The molecule has 1 atom stereocenters. The summed E-state index contributed by atoms with van der Waals surface area (Å²) < 4.78 is 5.82. The molecular weight excluding hydrogens is 280 g/mol. The van der Waals surface area contributed by atoms with Gasteiger partial charge in [-0.3, -0.25) is 4.79 Å². The third-order valence-corrected chi connectivity index (χ3v) is 4.15. The van der Waals surface area contributed by atoms with Gasteiger partial charge < -0.3 is 4.42 Å². The van der Waals surface area contributed by atoms with Gasteiger partial charge in [0.1, 0.15) is 0 Å². The largest absolute Gasteiger partial charge is 0.416 e. The van der Waals surface area contributed by atoms with Crippen molar-refractivity contribution in [2.24, 2.45) is 0 Å². The molecule has 7 heteroatoms. The Morgan fingerprint density at radius 2 is 2.29 bits per heavy atom. The number of halogens is 1. The maximum absolute atomic E-state index is 12.0. The van der Waals surface area contributed by atoms with E-state index in [2.05, 4.69) is 10.2 Å². The topological polar surface area (TPSA) is 56.0 Å². The SMILES string of the molecule is Cc1nnc(SC(C)C(=O)c2ccc(Cl)s2)o1. The number of carbonyl (C=O) groups is 1. The number of ketones is 1. The van der Waals surface area contributed by atoms with Crippen molar-refractivity contribution in [3.05, 3.63) is 27.2 Å². The van der Waals surface area contributed by atoms with Gasteiger partial charge in [-0.25, -0.2) is 0 Å². The predicted molar refractivity (Wildman–Crippen MR) is 68.0 cm³/mol. The van der Waals surface area contributed by atoms with Crippen LogP contribution in [0.4, 0.5) is 0 Å². The number of aromatic nitrogens is 2. The molecule has 90 valence electrons. The summed E-state index contributed by atoms with van der Waals surface area (Å²) in [5.74, 6) is 0.508. The minimum Gasteiger partial charge on any atom is -0.416 e. The number of aryl methyl sites for hydroxylation is 1. The Morgan fingerprint density at radius 1 is 1.53 bits per heavy atom.